The maximum absolute atomic E-state index is 12.3. The topological polar surface area (TPSA) is 84.4 Å². The Morgan fingerprint density at radius 2 is 1.88 bits per heavy atom. The summed E-state index contributed by atoms with van der Waals surface area (Å²) in [5, 5.41) is 3.24. The summed E-state index contributed by atoms with van der Waals surface area (Å²) < 4.78 is 6.84. The van der Waals surface area contributed by atoms with E-state index in [2.05, 4.69) is 15.3 Å². The molecule has 0 spiro atoms. The largest absolute Gasteiger partial charge is 0.456 e. The Balaban J connectivity index is 1.44. The number of carbonyl (C=O) groups excluding carboxylic acids is 2. The van der Waals surface area contributed by atoms with E-state index >= 15 is 0 Å². The maximum atomic E-state index is 12.3. The lowest BCUT2D eigenvalue weighted by Crippen LogP contribution is -2.20. The van der Waals surface area contributed by atoms with Gasteiger partial charge in [0.05, 0.1) is 26.5 Å². The van der Waals surface area contributed by atoms with Crippen LogP contribution < -0.4 is 10.1 Å². The Morgan fingerprint density at radius 1 is 1.09 bits per heavy atom. The minimum atomic E-state index is -0.180. The second kappa shape index (κ2) is 9.33. The van der Waals surface area contributed by atoms with E-state index in [1.807, 2.05) is 12.1 Å². The zero-order valence-electron chi connectivity index (χ0n) is 17.3. The van der Waals surface area contributed by atoms with Crippen molar-refractivity contribution < 1.29 is 14.3 Å². The molecule has 4 rings (SSSR count). The highest BCUT2D eigenvalue weighted by molar-refractivity contribution is 7.21. The highest BCUT2D eigenvalue weighted by Gasteiger charge is 2.16. The van der Waals surface area contributed by atoms with Crippen molar-refractivity contribution in [1.82, 2.24) is 14.9 Å². The molecule has 3 aromatic heterocycles. The lowest BCUT2D eigenvalue weighted by molar-refractivity contribution is -0.115. The van der Waals surface area contributed by atoms with Gasteiger partial charge in [0.1, 0.15) is 17.3 Å². The summed E-state index contributed by atoms with van der Waals surface area (Å²) in [5.74, 6) is 1.44. The number of hydrogen-bond donors (Lipinski definition) is 1. The van der Waals surface area contributed by atoms with Gasteiger partial charge in [0.2, 0.25) is 5.91 Å². The van der Waals surface area contributed by atoms with E-state index in [0.717, 1.165) is 10.3 Å². The molecule has 4 aromatic rings. The fourth-order valence-corrected chi connectivity index (χ4v) is 4.14. The van der Waals surface area contributed by atoms with Gasteiger partial charge in [0.25, 0.3) is 5.91 Å². The van der Waals surface area contributed by atoms with Gasteiger partial charge < -0.3 is 15.0 Å². The number of halogens is 1. The fourth-order valence-electron chi connectivity index (χ4n) is 2.95. The number of amides is 2. The van der Waals surface area contributed by atoms with Crippen LogP contribution in [0.5, 0.6) is 11.5 Å². The number of hydrogen-bond acceptors (Lipinski definition) is 6. The summed E-state index contributed by atoms with van der Waals surface area (Å²) in [7, 11) is 3.43. The van der Waals surface area contributed by atoms with Gasteiger partial charge >= 0.3 is 0 Å². The van der Waals surface area contributed by atoms with Crippen molar-refractivity contribution >= 4 is 50.8 Å². The van der Waals surface area contributed by atoms with Gasteiger partial charge in [-0.1, -0.05) is 23.7 Å². The number of anilines is 1. The van der Waals surface area contributed by atoms with Crippen molar-refractivity contribution in [1.29, 1.82) is 0 Å². The molecular weight excluding hydrogens is 448 g/mol. The molecule has 0 radical (unpaired) electrons. The Labute approximate surface area is 193 Å². The maximum Gasteiger partial charge on any atom is 0.263 e. The molecule has 0 aliphatic carbocycles. The summed E-state index contributed by atoms with van der Waals surface area (Å²) in [5.41, 5.74) is 1.54. The predicted octanol–water partition coefficient (Wildman–Crippen LogP) is 5.02. The normalized spacial score (nSPS) is 10.7. The van der Waals surface area contributed by atoms with Crippen molar-refractivity contribution in [2.45, 2.75) is 6.42 Å². The number of rotatable bonds is 6. The highest BCUT2D eigenvalue weighted by Crippen LogP contribution is 2.35. The Hall–Kier alpha value is -3.49. The molecule has 9 heteroatoms. The van der Waals surface area contributed by atoms with Crippen molar-refractivity contribution in [3.63, 3.8) is 0 Å². The third kappa shape index (κ3) is 5.04. The van der Waals surface area contributed by atoms with E-state index in [1.54, 1.807) is 56.7 Å². The van der Waals surface area contributed by atoms with E-state index in [9.17, 15) is 9.59 Å². The smallest absolute Gasteiger partial charge is 0.263 e. The zero-order valence-corrected chi connectivity index (χ0v) is 18.9. The van der Waals surface area contributed by atoms with Gasteiger partial charge in [-0.3, -0.25) is 14.6 Å². The van der Waals surface area contributed by atoms with Gasteiger partial charge in [-0.15, -0.1) is 11.3 Å². The average molecular weight is 467 g/mol. The summed E-state index contributed by atoms with van der Waals surface area (Å²) in [6.07, 6.45) is 3.33. The van der Waals surface area contributed by atoms with Crippen molar-refractivity contribution in [2.24, 2.45) is 0 Å². The number of thiophene rings is 1. The second-order valence-electron chi connectivity index (χ2n) is 7.17. The number of carbonyl (C=O) groups is 2. The molecule has 0 aliphatic heterocycles. The first kappa shape index (κ1) is 21.7. The van der Waals surface area contributed by atoms with E-state index in [4.69, 9.17) is 16.3 Å². The molecule has 7 nitrogen and oxygen atoms in total. The Kier molecular flexibility index (Phi) is 6.34. The quantitative estimate of drug-likeness (QED) is 0.431. The van der Waals surface area contributed by atoms with Crippen molar-refractivity contribution in [3.8, 4) is 11.5 Å². The molecule has 0 fully saturated rings. The van der Waals surface area contributed by atoms with Crippen molar-refractivity contribution in [3.05, 3.63) is 76.4 Å². The van der Waals surface area contributed by atoms with Crippen molar-refractivity contribution in [2.75, 3.05) is 19.4 Å². The molecule has 162 valence electrons. The molecule has 0 bridgehead atoms. The molecule has 0 atom stereocenters. The summed E-state index contributed by atoms with van der Waals surface area (Å²) >= 11 is 7.15. The Morgan fingerprint density at radius 3 is 2.56 bits per heavy atom. The number of aromatic nitrogens is 2. The highest BCUT2D eigenvalue weighted by atomic mass is 35.5. The number of pyridine rings is 2. The van der Waals surface area contributed by atoms with Gasteiger partial charge in [-0.25, -0.2) is 4.98 Å². The average Bonchev–Trinajstić information content (AvgIpc) is 3.21. The molecule has 0 unspecified atom stereocenters. The van der Waals surface area contributed by atoms with Crippen LogP contribution in [-0.4, -0.2) is 40.8 Å². The SMILES string of the molecule is CN(C)C(=O)c1cc2nccc(Oc3ccc(CC(=O)Nc4ccc(Cl)cn4)cc3)c2s1. The van der Waals surface area contributed by atoms with Crippen LogP contribution in [0.4, 0.5) is 5.82 Å². The fraction of sp³-hybridized carbons (Fsp3) is 0.130. The molecule has 0 aliphatic rings. The number of nitrogens with zero attached hydrogens (tertiary/aromatic N) is 3. The summed E-state index contributed by atoms with van der Waals surface area (Å²) in [6.45, 7) is 0. The number of fused-ring (bicyclic) bond motifs is 1. The number of nitrogens with one attached hydrogen (secondary N) is 1. The number of ether oxygens (including phenoxy) is 1. The molecule has 3 heterocycles. The van der Waals surface area contributed by atoms with Crippen LogP contribution in [-0.2, 0) is 11.2 Å². The van der Waals surface area contributed by atoms with Crippen LogP contribution >= 0.6 is 22.9 Å². The third-order valence-electron chi connectivity index (χ3n) is 4.50. The van der Waals surface area contributed by atoms with Crippen LogP contribution in [0.1, 0.15) is 15.2 Å². The molecule has 1 N–H and O–H groups in total. The summed E-state index contributed by atoms with van der Waals surface area (Å²) in [6, 6.07) is 14.1. The van der Waals surface area contributed by atoms with Gasteiger partial charge in [0, 0.05) is 32.6 Å². The standard InChI is InChI=1S/C23H19ClN4O3S/c1-28(2)23(30)19-12-17-22(32-19)18(9-10-25-17)31-16-6-3-14(4-7-16)11-21(29)27-20-8-5-15(24)13-26-20/h3-10,12-13H,11H2,1-2H3,(H,26,27,29). The van der Waals surface area contributed by atoms with E-state index in [1.165, 1.54) is 22.4 Å². The molecule has 0 saturated heterocycles. The van der Waals surface area contributed by atoms with Crippen LogP contribution in [0.25, 0.3) is 10.2 Å². The minimum Gasteiger partial charge on any atom is -0.456 e. The first-order chi connectivity index (χ1) is 15.4. The molecule has 32 heavy (non-hydrogen) atoms. The van der Waals surface area contributed by atoms with Crippen LogP contribution in [0.3, 0.4) is 0 Å². The second-order valence-corrected chi connectivity index (χ2v) is 8.65. The monoisotopic (exact) mass is 466 g/mol. The molecule has 0 saturated carbocycles. The van der Waals surface area contributed by atoms with E-state index in [0.29, 0.717) is 32.7 Å². The van der Waals surface area contributed by atoms with Crippen LogP contribution in [0.2, 0.25) is 5.02 Å². The Bertz CT molecular complexity index is 1270. The number of benzene rings is 1. The van der Waals surface area contributed by atoms with Gasteiger partial charge in [-0.05, 0) is 35.9 Å². The first-order valence-corrected chi connectivity index (χ1v) is 10.9. The zero-order chi connectivity index (χ0) is 22.7. The van der Waals surface area contributed by atoms with E-state index < -0.39 is 0 Å². The summed E-state index contributed by atoms with van der Waals surface area (Å²) in [4.78, 5) is 35.0. The minimum absolute atomic E-state index is 0.0737. The molecular formula is C23H19ClN4O3S. The third-order valence-corrected chi connectivity index (χ3v) is 5.85. The lowest BCUT2D eigenvalue weighted by atomic mass is 10.1. The van der Waals surface area contributed by atoms with Crippen LogP contribution in [0.15, 0.2) is 60.9 Å². The predicted molar refractivity (Wildman–Crippen MR) is 126 cm³/mol. The lowest BCUT2D eigenvalue weighted by Gasteiger charge is -2.08. The van der Waals surface area contributed by atoms with Gasteiger partial charge in [0.15, 0.2) is 0 Å². The first-order valence-electron chi connectivity index (χ1n) is 9.67. The van der Waals surface area contributed by atoms with Gasteiger partial charge in [-0.2, -0.15) is 0 Å². The van der Waals surface area contributed by atoms with E-state index in [-0.39, 0.29) is 18.2 Å². The molecule has 2 amide bonds. The van der Waals surface area contributed by atoms with Crippen LogP contribution in [0, 0.1) is 0 Å². The molecule has 1 aromatic carbocycles.